The van der Waals surface area contributed by atoms with Gasteiger partial charge in [0.2, 0.25) is 21.8 Å². The van der Waals surface area contributed by atoms with Crippen molar-refractivity contribution in [3.8, 4) is 5.75 Å². The second kappa shape index (κ2) is 7.10. The summed E-state index contributed by atoms with van der Waals surface area (Å²) in [6.07, 6.45) is 0.402. The summed E-state index contributed by atoms with van der Waals surface area (Å²) in [6, 6.07) is 11.5. The van der Waals surface area contributed by atoms with Gasteiger partial charge in [0.25, 0.3) is 0 Å². The molecule has 9 heteroatoms. The molecule has 1 N–H and O–H groups in total. The Balaban J connectivity index is 1.66. The number of carbonyl (C=O) groups excluding carboxylic acids is 2. The van der Waals surface area contributed by atoms with Gasteiger partial charge in [0.05, 0.1) is 17.4 Å². The van der Waals surface area contributed by atoms with Gasteiger partial charge in [0, 0.05) is 38.4 Å². The Labute approximate surface area is 175 Å². The molecule has 30 heavy (non-hydrogen) atoms. The number of amides is 2. The lowest BCUT2D eigenvalue weighted by Crippen LogP contribution is -2.42. The molecule has 1 atom stereocenters. The zero-order valence-corrected chi connectivity index (χ0v) is 17.8. The third kappa shape index (κ3) is 3.05. The molecule has 0 aromatic heterocycles. The highest BCUT2D eigenvalue weighted by atomic mass is 32.2. The molecule has 1 saturated heterocycles. The first-order valence-electron chi connectivity index (χ1n) is 9.53. The number of hydrogen-bond acceptors (Lipinski definition) is 5. The van der Waals surface area contributed by atoms with Crippen molar-refractivity contribution in [2.75, 3.05) is 37.5 Å². The molecule has 1 spiro atoms. The zero-order valence-electron chi connectivity index (χ0n) is 17.0. The van der Waals surface area contributed by atoms with Crippen LogP contribution in [0.25, 0.3) is 0 Å². The van der Waals surface area contributed by atoms with E-state index in [-0.39, 0.29) is 29.8 Å². The van der Waals surface area contributed by atoms with Crippen molar-refractivity contribution >= 4 is 33.2 Å². The lowest BCUT2D eigenvalue weighted by atomic mass is 9.81. The molecule has 2 aliphatic rings. The summed E-state index contributed by atoms with van der Waals surface area (Å²) < 4.78 is 33.1. The van der Waals surface area contributed by atoms with E-state index in [0.29, 0.717) is 17.9 Å². The summed E-state index contributed by atoms with van der Waals surface area (Å²) in [7, 11) is -0.519. The van der Waals surface area contributed by atoms with Gasteiger partial charge >= 0.3 is 0 Å². The maximum absolute atomic E-state index is 13.2. The number of carbonyl (C=O) groups is 2. The van der Waals surface area contributed by atoms with Gasteiger partial charge < -0.3 is 15.0 Å². The van der Waals surface area contributed by atoms with E-state index in [0.717, 1.165) is 11.3 Å². The third-order valence-corrected chi connectivity index (χ3v) is 7.70. The van der Waals surface area contributed by atoms with Gasteiger partial charge in [-0.3, -0.25) is 9.59 Å². The van der Waals surface area contributed by atoms with Crippen LogP contribution < -0.4 is 15.0 Å². The summed E-state index contributed by atoms with van der Waals surface area (Å²) >= 11 is 0. The Morgan fingerprint density at radius 1 is 1.17 bits per heavy atom. The number of anilines is 2. The number of nitrogens with zero attached hydrogens (tertiary/aromatic N) is 2. The first kappa shape index (κ1) is 20.4. The molecule has 0 saturated carbocycles. The Morgan fingerprint density at radius 3 is 2.50 bits per heavy atom. The largest absolute Gasteiger partial charge is 0.497 e. The van der Waals surface area contributed by atoms with Crippen LogP contribution >= 0.6 is 0 Å². The monoisotopic (exact) mass is 429 g/mol. The van der Waals surface area contributed by atoms with Gasteiger partial charge in [-0.15, -0.1) is 0 Å². The van der Waals surface area contributed by atoms with Gasteiger partial charge in [-0.05, 0) is 54.4 Å². The molecule has 0 aliphatic carbocycles. The Bertz CT molecular complexity index is 1130. The summed E-state index contributed by atoms with van der Waals surface area (Å²) in [5, 5.41) is 2.62. The Hall–Kier alpha value is -2.91. The molecule has 0 bridgehead atoms. The number of fused-ring (bicyclic) bond motifs is 2. The minimum Gasteiger partial charge on any atom is -0.497 e. The molecule has 2 heterocycles. The van der Waals surface area contributed by atoms with Crippen molar-refractivity contribution in [1.82, 2.24) is 4.31 Å². The van der Waals surface area contributed by atoms with Crippen LogP contribution in [0.3, 0.4) is 0 Å². The summed E-state index contributed by atoms with van der Waals surface area (Å²) in [4.78, 5) is 26.0. The van der Waals surface area contributed by atoms with Gasteiger partial charge in [-0.25, -0.2) is 8.42 Å². The average Bonchev–Trinajstić information content (AvgIpc) is 3.26. The smallest absolute Gasteiger partial charge is 0.243 e. The number of likely N-dealkylation sites (N-methyl/N-ethyl adjacent to an activating group) is 1. The van der Waals surface area contributed by atoms with E-state index in [1.807, 2.05) is 12.1 Å². The van der Waals surface area contributed by atoms with E-state index in [4.69, 9.17) is 4.74 Å². The number of ether oxygens (including phenoxy) is 1. The van der Waals surface area contributed by atoms with Crippen molar-refractivity contribution < 1.29 is 22.7 Å². The van der Waals surface area contributed by atoms with Crippen molar-refractivity contribution in [3.05, 3.63) is 48.0 Å². The van der Waals surface area contributed by atoms with Crippen molar-refractivity contribution in [1.29, 1.82) is 0 Å². The number of rotatable bonds is 4. The predicted molar refractivity (Wildman–Crippen MR) is 112 cm³/mol. The van der Waals surface area contributed by atoms with E-state index < -0.39 is 15.4 Å². The maximum Gasteiger partial charge on any atom is 0.243 e. The molecule has 158 valence electrons. The number of benzene rings is 2. The quantitative estimate of drug-likeness (QED) is 0.802. The molecular formula is C21H23N3O5S. The molecule has 1 fully saturated rings. The average molecular weight is 429 g/mol. The van der Waals surface area contributed by atoms with E-state index in [9.17, 15) is 18.0 Å². The van der Waals surface area contributed by atoms with E-state index >= 15 is 0 Å². The lowest BCUT2D eigenvalue weighted by molar-refractivity contribution is -0.122. The first-order chi connectivity index (χ1) is 14.2. The second-order valence-corrected chi connectivity index (χ2v) is 9.56. The van der Waals surface area contributed by atoms with Crippen molar-refractivity contribution in [3.63, 3.8) is 0 Å². The second-order valence-electron chi connectivity index (χ2n) is 7.62. The summed E-state index contributed by atoms with van der Waals surface area (Å²) in [6.45, 7) is 1.70. The third-order valence-electron chi connectivity index (χ3n) is 5.84. The molecule has 2 amide bonds. The minimum absolute atomic E-state index is 0.0755. The first-order valence-corrected chi connectivity index (χ1v) is 11.0. The fourth-order valence-corrected chi connectivity index (χ4v) is 5.80. The lowest BCUT2D eigenvalue weighted by Gasteiger charge is -2.23. The van der Waals surface area contributed by atoms with Gasteiger partial charge in [-0.1, -0.05) is 0 Å². The van der Waals surface area contributed by atoms with Gasteiger partial charge in [0.15, 0.2) is 0 Å². The number of hydrogen-bond donors (Lipinski definition) is 1. The van der Waals surface area contributed by atoms with Crippen LogP contribution in [0, 0.1) is 0 Å². The molecule has 0 radical (unpaired) electrons. The predicted octanol–water partition coefficient (Wildman–Crippen LogP) is 1.96. The van der Waals surface area contributed by atoms with E-state index in [1.165, 1.54) is 23.4 Å². The fourth-order valence-electron chi connectivity index (χ4n) is 4.30. The highest BCUT2D eigenvalue weighted by Crippen LogP contribution is 2.48. The van der Waals surface area contributed by atoms with Crippen LogP contribution in [-0.4, -0.2) is 51.8 Å². The number of methoxy groups -OCH3 is 1. The standard InChI is InChI=1S/C21H23N3O5S/c1-14(25)22-15-4-7-17(8-5-15)30(27,28)24-11-10-21(13-24)18-12-16(29-3)6-9-19(18)23(2)20(21)26/h4-9,12H,10-11,13H2,1-3H3,(H,22,25)/t21-/m0/s1. The summed E-state index contributed by atoms with van der Waals surface area (Å²) in [5.41, 5.74) is 1.18. The molecule has 4 rings (SSSR count). The number of sulfonamides is 1. The van der Waals surface area contributed by atoms with Crippen LogP contribution in [-0.2, 0) is 25.0 Å². The normalized spacial score (nSPS) is 21.2. The Kier molecular flexibility index (Phi) is 4.82. The SMILES string of the molecule is COc1ccc2c(c1)[C@@]1(CCN(S(=O)(=O)c3ccc(NC(C)=O)cc3)C1)C(=O)N2C. The molecule has 8 nitrogen and oxygen atoms in total. The van der Waals surface area contributed by atoms with E-state index in [1.54, 1.807) is 37.3 Å². The zero-order chi connectivity index (χ0) is 21.7. The molecule has 2 aliphatic heterocycles. The topological polar surface area (TPSA) is 96.0 Å². The number of nitrogens with one attached hydrogen (secondary N) is 1. The highest BCUT2D eigenvalue weighted by molar-refractivity contribution is 7.89. The van der Waals surface area contributed by atoms with Crippen molar-refractivity contribution in [2.45, 2.75) is 23.7 Å². The van der Waals surface area contributed by atoms with Crippen LogP contribution in [0.5, 0.6) is 5.75 Å². The van der Waals surface area contributed by atoms with Crippen molar-refractivity contribution in [2.24, 2.45) is 0 Å². The van der Waals surface area contributed by atoms with Crippen LogP contribution in [0.15, 0.2) is 47.4 Å². The maximum atomic E-state index is 13.2. The van der Waals surface area contributed by atoms with Crippen LogP contribution in [0.1, 0.15) is 18.9 Å². The van der Waals surface area contributed by atoms with Gasteiger partial charge in [0.1, 0.15) is 5.75 Å². The minimum atomic E-state index is -3.79. The van der Waals surface area contributed by atoms with Crippen LogP contribution in [0.2, 0.25) is 0 Å². The van der Waals surface area contributed by atoms with Crippen LogP contribution in [0.4, 0.5) is 11.4 Å². The van der Waals surface area contributed by atoms with E-state index in [2.05, 4.69) is 5.32 Å². The molecule has 0 unspecified atom stereocenters. The fraction of sp³-hybridized carbons (Fsp3) is 0.333. The summed E-state index contributed by atoms with van der Waals surface area (Å²) in [5.74, 6) is 0.292. The van der Waals surface area contributed by atoms with Gasteiger partial charge in [-0.2, -0.15) is 4.31 Å². The highest BCUT2D eigenvalue weighted by Gasteiger charge is 2.55. The molecule has 2 aromatic carbocycles. The molecular weight excluding hydrogens is 406 g/mol. The Morgan fingerprint density at radius 2 is 1.87 bits per heavy atom. The molecule has 2 aromatic rings.